The van der Waals surface area contributed by atoms with Crippen LogP contribution in [0.3, 0.4) is 0 Å². The molecule has 0 bridgehead atoms. The average molecular weight is 457 g/mol. The Morgan fingerprint density at radius 2 is 1.42 bits per heavy atom. The fourth-order valence-corrected chi connectivity index (χ4v) is 5.50. The lowest BCUT2D eigenvalue weighted by molar-refractivity contribution is -0.166. The highest BCUT2D eigenvalue weighted by molar-refractivity contribution is 7.50. The van der Waals surface area contributed by atoms with Gasteiger partial charge in [0.2, 0.25) is 11.4 Å². The van der Waals surface area contributed by atoms with Gasteiger partial charge in [0.25, 0.3) is 0 Å². The second-order valence-electron chi connectivity index (χ2n) is 7.59. The highest BCUT2D eigenvalue weighted by Gasteiger charge is 2.63. The van der Waals surface area contributed by atoms with E-state index in [9.17, 15) is 38.9 Å². The number of carbonyl (C=O) groups excluding carboxylic acids is 1. The standard InChI is InChI=1S/C21H32NO8P/c1-6-15-14(12-31(28,29)30)10-11-17(16(15)7-2)20(8-3,9-4)21(18(24)25,19(26)27)22-13(5)23/h10-11H,6-9,12H2,1-5H3,(H,22,23)(H,24,25)(H,26,27)(H2,28,29,30). The van der Waals surface area contributed by atoms with E-state index in [1.54, 1.807) is 19.9 Å². The second kappa shape index (κ2) is 9.94. The van der Waals surface area contributed by atoms with Crippen LogP contribution in [0, 0.1) is 0 Å². The molecule has 0 atom stereocenters. The van der Waals surface area contributed by atoms with Crippen molar-refractivity contribution in [1.29, 1.82) is 0 Å². The SMILES string of the molecule is CCc1c(CP(=O)(O)O)ccc(C(CC)(CC)C(NC(C)=O)(C(=O)O)C(=O)O)c1CC. The van der Waals surface area contributed by atoms with Crippen molar-refractivity contribution < 1.29 is 38.9 Å². The molecule has 31 heavy (non-hydrogen) atoms. The third-order valence-corrected chi connectivity index (χ3v) is 6.81. The minimum absolute atomic E-state index is 0.0936. The Bertz CT molecular complexity index is 887. The third-order valence-electron chi connectivity index (χ3n) is 6.06. The average Bonchev–Trinajstić information content (AvgIpc) is 2.66. The van der Waals surface area contributed by atoms with Crippen molar-refractivity contribution in [3.05, 3.63) is 34.4 Å². The fourth-order valence-electron chi connectivity index (χ4n) is 4.76. The van der Waals surface area contributed by atoms with Crippen LogP contribution < -0.4 is 5.32 Å². The highest BCUT2D eigenvalue weighted by atomic mass is 31.2. The van der Waals surface area contributed by atoms with E-state index in [1.807, 2.05) is 13.8 Å². The summed E-state index contributed by atoms with van der Waals surface area (Å²) < 4.78 is 11.6. The molecule has 0 fully saturated rings. The molecule has 0 saturated carbocycles. The van der Waals surface area contributed by atoms with Gasteiger partial charge in [-0.25, -0.2) is 9.59 Å². The predicted molar refractivity (Wildman–Crippen MR) is 115 cm³/mol. The van der Waals surface area contributed by atoms with Crippen LogP contribution in [0.25, 0.3) is 0 Å². The molecule has 5 N–H and O–H groups in total. The molecule has 0 saturated heterocycles. The lowest BCUT2D eigenvalue weighted by Crippen LogP contribution is -2.71. The maximum atomic E-state index is 12.4. The number of carboxylic acid groups (broad SMARTS) is 2. The Morgan fingerprint density at radius 1 is 0.935 bits per heavy atom. The number of carboxylic acids is 2. The van der Waals surface area contributed by atoms with Crippen LogP contribution in [0.5, 0.6) is 0 Å². The highest BCUT2D eigenvalue weighted by Crippen LogP contribution is 2.47. The van der Waals surface area contributed by atoms with Crippen LogP contribution in [0.1, 0.15) is 69.7 Å². The first-order valence-corrected chi connectivity index (χ1v) is 12.0. The molecule has 174 valence electrons. The van der Waals surface area contributed by atoms with Gasteiger partial charge in [-0.15, -0.1) is 0 Å². The van der Waals surface area contributed by atoms with E-state index in [1.165, 1.54) is 6.07 Å². The van der Waals surface area contributed by atoms with Gasteiger partial charge in [0.05, 0.1) is 6.16 Å². The van der Waals surface area contributed by atoms with Crippen molar-refractivity contribution >= 4 is 25.4 Å². The molecule has 0 aliphatic carbocycles. The van der Waals surface area contributed by atoms with Gasteiger partial charge in [-0.2, -0.15) is 0 Å². The van der Waals surface area contributed by atoms with Crippen molar-refractivity contribution in [3.63, 3.8) is 0 Å². The molecule has 0 spiro atoms. The summed E-state index contributed by atoms with van der Waals surface area (Å²) in [6.45, 7) is 8.03. The smallest absolute Gasteiger partial charge is 0.342 e. The maximum Gasteiger partial charge on any atom is 0.342 e. The van der Waals surface area contributed by atoms with E-state index in [0.29, 0.717) is 35.1 Å². The van der Waals surface area contributed by atoms with Gasteiger partial charge in [-0.3, -0.25) is 9.36 Å². The fraction of sp³-hybridized carbons (Fsp3) is 0.571. The first kappa shape index (κ1) is 26.8. The molecular weight excluding hydrogens is 425 g/mol. The summed E-state index contributed by atoms with van der Waals surface area (Å²) >= 11 is 0. The topological polar surface area (TPSA) is 161 Å². The van der Waals surface area contributed by atoms with E-state index in [2.05, 4.69) is 5.32 Å². The predicted octanol–water partition coefficient (Wildman–Crippen LogP) is 2.59. The van der Waals surface area contributed by atoms with Crippen LogP contribution in [0.2, 0.25) is 0 Å². The zero-order chi connectivity index (χ0) is 24.2. The minimum atomic E-state index is -4.36. The Kier molecular flexibility index (Phi) is 8.59. The second-order valence-corrected chi connectivity index (χ2v) is 9.24. The summed E-state index contributed by atoms with van der Waals surface area (Å²) in [5.41, 5.74) is -1.94. The van der Waals surface area contributed by atoms with Crippen LogP contribution in [0.15, 0.2) is 12.1 Å². The molecule has 1 amide bonds. The summed E-state index contributed by atoms with van der Waals surface area (Å²) in [6, 6.07) is 3.08. The number of hydrogen-bond donors (Lipinski definition) is 5. The lowest BCUT2D eigenvalue weighted by Gasteiger charge is -2.46. The first-order valence-electron chi connectivity index (χ1n) is 10.2. The summed E-state index contributed by atoms with van der Waals surface area (Å²) in [4.78, 5) is 55.8. The molecule has 1 aromatic rings. The molecule has 1 rings (SSSR count). The van der Waals surface area contributed by atoms with E-state index in [4.69, 9.17) is 0 Å². The van der Waals surface area contributed by atoms with Gasteiger partial charge in [0.1, 0.15) is 0 Å². The molecule has 0 aliphatic rings. The molecular formula is C21H32NO8P. The van der Waals surface area contributed by atoms with E-state index < -0.39 is 42.6 Å². The first-order chi connectivity index (χ1) is 14.3. The molecule has 0 heterocycles. The van der Waals surface area contributed by atoms with Crippen molar-refractivity contribution in [3.8, 4) is 0 Å². The quantitative estimate of drug-likeness (QED) is 0.250. The van der Waals surface area contributed by atoms with Crippen molar-refractivity contribution in [2.75, 3.05) is 0 Å². The number of carbonyl (C=O) groups is 3. The Balaban J connectivity index is 4.10. The van der Waals surface area contributed by atoms with Gasteiger partial charge < -0.3 is 25.3 Å². The lowest BCUT2D eigenvalue weighted by atomic mass is 9.59. The summed E-state index contributed by atoms with van der Waals surface area (Å²) in [5, 5.41) is 22.4. The van der Waals surface area contributed by atoms with Gasteiger partial charge >= 0.3 is 19.5 Å². The van der Waals surface area contributed by atoms with Crippen molar-refractivity contribution in [2.45, 2.75) is 77.4 Å². The van der Waals surface area contributed by atoms with Crippen LogP contribution in [-0.2, 0) is 43.4 Å². The molecule has 0 aromatic heterocycles. The van der Waals surface area contributed by atoms with Gasteiger partial charge in [-0.1, -0.05) is 39.8 Å². The van der Waals surface area contributed by atoms with Crippen LogP contribution >= 0.6 is 7.60 Å². The van der Waals surface area contributed by atoms with E-state index >= 15 is 0 Å². The summed E-state index contributed by atoms with van der Waals surface area (Å²) in [5.74, 6) is -4.15. The number of nitrogens with one attached hydrogen (secondary N) is 1. The summed E-state index contributed by atoms with van der Waals surface area (Å²) in [6.07, 6.45) is 0.532. The largest absolute Gasteiger partial charge is 0.479 e. The number of amides is 1. The van der Waals surface area contributed by atoms with Crippen LogP contribution in [0.4, 0.5) is 0 Å². The molecule has 10 heteroatoms. The number of rotatable bonds is 11. The molecule has 0 aliphatic heterocycles. The zero-order valence-electron chi connectivity index (χ0n) is 18.6. The number of benzene rings is 1. The zero-order valence-corrected chi connectivity index (χ0v) is 19.5. The van der Waals surface area contributed by atoms with Crippen molar-refractivity contribution in [2.24, 2.45) is 0 Å². The third kappa shape index (κ3) is 4.84. The maximum absolute atomic E-state index is 12.4. The molecule has 0 radical (unpaired) electrons. The van der Waals surface area contributed by atoms with Gasteiger partial charge in [-0.05, 0) is 47.9 Å². The monoisotopic (exact) mass is 457 g/mol. The normalized spacial score (nSPS) is 12.5. The Morgan fingerprint density at radius 3 is 1.74 bits per heavy atom. The van der Waals surface area contributed by atoms with E-state index in [0.717, 1.165) is 6.92 Å². The Hall–Kier alpha value is -2.22. The van der Waals surface area contributed by atoms with E-state index in [-0.39, 0.29) is 12.8 Å². The summed E-state index contributed by atoms with van der Waals surface area (Å²) in [7, 11) is -4.36. The van der Waals surface area contributed by atoms with Crippen molar-refractivity contribution in [1.82, 2.24) is 5.32 Å². The number of hydrogen-bond acceptors (Lipinski definition) is 4. The number of aliphatic carboxylic acids is 2. The minimum Gasteiger partial charge on any atom is -0.479 e. The molecule has 0 unspecified atom stereocenters. The Labute approximate surface area is 182 Å². The van der Waals surface area contributed by atoms with Gasteiger partial charge in [0, 0.05) is 12.3 Å². The molecule has 1 aromatic carbocycles. The molecule has 9 nitrogen and oxygen atoms in total. The van der Waals surface area contributed by atoms with Crippen LogP contribution in [-0.4, -0.2) is 43.4 Å². The van der Waals surface area contributed by atoms with Gasteiger partial charge in [0.15, 0.2) is 0 Å².